The Morgan fingerprint density at radius 1 is 0.277 bits per heavy atom. The molecule has 0 amide bonds. The third-order valence-electron chi connectivity index (χ3n) is 8.91. The Hall–Kier alpha value is -3.61. The van der Waals surface area contributed by atoms with Crippen LogP contribution in [0.5, 0.6) is 0 Å². The zero-order valence-corrected chi connectivity index (χ0v) is 29.4. The van der Waals surface area contributed by atoms with E-state index in [1.807, 2.05) is 0 Å². The lowest BCUT2D eigenvalue weighted by Gasteiger charge is -2.28. The lowest BCUT2D eigenvalue weighted by atomic mass is 10.4. The molecular weight excluding hydrogens is 630 g/mol. The van der Waals surface area contributed by atoms with Crippen molar-refractivity contribution in [1.29, 1.82) is 0 Å². The van der Waals surface area contributed by atoms with Crippen LogP contribution in [0.15, 0.2) is 182 Å². The molecule has 0 radical (unpaired) electrons. The molecule has 0 saturated carbocycles. The van der Waals surface area contributed by atoms with Gasteiger partial charge in [-0.15, -0.1) is 0 Å². The van der Waals surface area contributed by atoms with Crippen LogP contribution in [-0.2, 0) is 0 Å². The van der Waals surface area contributed by atoms with Gasteiger partial charge in [0.25, 0.3) is 0 Å². The number of hydrogen-bond acceptors (Lipinski definition) is 2. The van der Waals surface area contributed by atoms with Crippen molar-refractivity contribution in [2.24, 2.45) is 0 Å². The van der Waals surface area contributed by atoms with Crippen LogP contribution in [0.3, 0.4) is 0 Å². The Morgan fingerprint density at radius 2 is 0.468 bits per heavy atom. The average Bonchev–Trinajstić information content (AvgIpc) is 3.15. The van der Waals surface area contributed by atoms with Gasteiger partial charge in [-0.2, -0.15) is 0 Å². The van der Waals surface area contributed by atoms with E-state index in [9.17, 15) is 0 Å². The molecule has 47 heavy (non-hydrogen) atoms. The first-order valence-electron chi connectivity index (χ1n) is 16.4. The van der Waals surface area contributed by atoms with E-state index in [1.165, 1.54) is 31.8 Å². The second-order valence-electron chi connectivity index (χ2n) is 11.6. The summed E-state index contributed by atoms with van der Waals surface area (Å²) in [5.74, 6) is 0. The minimum Gasteiger partial charge on any atom is -1.00 e. The summed E-state index contributed by atoms with van der Waals surface area (Å²) in [7, 11) is -3.63. The van der Waals surface area contributed by atoms with E-state index < -0.39 is 14.5 Å². The molecule has 0 unspecified atom stereocenters. The third kappa shape index (κ3) is 7.93. The highest BCUT2D eigenvalue weighted by atomic mass is 35.5. The van der Waals surface area contributed by atoms with Crippen LogP contribution in [0.25, 0.3) is 0 Å². The molecule has 0 saturated heterocycles. The van der Waals surface area contributed by atoms with Crippen LogP contribution in [0.2, 0.25) is 0 Å². The van der Waals surface area contributed by atoms with Gasteiger partial charge in [0.15, 0.2) is 0 Å². The number of halogens is 1. The van der Waals surface area contributed by atoms with Crippen molar-refractivity contribution in [3.63, 3.8) is 0 Å². The van der Waals surface area contributed by atoms with Crippen molar-refractivity contribution in [3.05, 3.63) is 182 Å². The molecule has 0 spiro atoms. The Labute approximate surface area is 288 Å². The highest BCUT2D eigenvalue weighted by molar-refractivity contribution is 7.96. The Morgan fingerprint density at radius 3 is 0.660 bits per heavy atom. The summed E-state index contributed by atoms with van der Waals surface area (Å²) in [6.45, 7) is 3.80. The van der Waals surface area contributed by atoms with Crippen molar-refractivity contribution < 1.29 is 12.4 Å². The summed E-state index contributed by atoms with van der Waals surface area (Å²) >= 11 is 0. The molecule has 0 bridgehead atoms. The predicted octanol–water partition coefficient (Wildman–Crippen LogP) is 3.16. The fourth-order valence-electron chi connectivity index (χ4n) is 6.68. The molecule has 2 N–H and O–H groups in total. The van der Waals surface area contributed by atoms with Crippen LogP contribution in [-0.4, -0.2) is 38.5 Å². The quantitative estimate of drug-likeness (QED) is 0.129. The zero-order chi connectivity index (χ0) is 31.3. The topological polar surface area (TPSA) is 24.1 Å². The normalized spacial score (nSPS) is 11.5. The van der Waals surface area contributed by atoms with E-state index >= 15 is 0 Å². The maximum absolute atomic E-state index is 3.82. The maximum atomic E-state index is 3.82. The van der Waals surface area contributed by atoms with Gasteiger partial charge in [0.1, 0.15) is 46.4 Å². The molecule has 6 aromatic carbocycles. The molecule has 0 aromatic heterocycles. The van der Waals surface area contributed by atoms with Crippen molar-refractivity contribution in [1.82, 2.24) is 10.6 Å². The van der Waals surface area contributed by atoms with Crippen LogP contribution in [0.4, 0.5) is 0 Å². The number of hydrogen-bond donors (Lipinski definition) is 2. The molecule has 0 aliphatic carbocycles. The summed E-state index contributed by atoms with van der Waals surface area (Å²) in [4.78, 5) is 0. The summed E-state index contributed by atoms with van der Waals surface area (Å²) in [5.41, 5.74) is 0. The highest BCUT2D eigenvalue weighted by Crippen LogP contribution is 2.55. The summed E-state index contributed by atoms with van der Waals surface area (Å²) in [6, 6.07) is 67.0. The molecule has 0 atom stereocenters. The Kier molecular flexibility index (Phi) is 12.9. The first-order valence-corrected chi connectivity index (χ1v) is 20.3. The monoisotopic (exact) mass is 673 g/mol. The fourth-order valence-corrected chi connectivity index (χ4v) is 15.1. The second-order valence-corrected chi connectivity index (χ2v) is 18.8. The van der Waals surface area contributed by atoms with Crippen LogP contribution >= 0.6 is 14.5 Å². The number of benzene rings is 6. The maximum Gasteiger partial charge on any atom is 0.113 e. The van der Waals surface area contributed by atoms with Gasteiger partial charge in [-0.3, -0.25) is 0 Å². The van der Waals surface area contributed by atoms with Gasteiger partial charge < -0.3 is 23.0 Å². The predicted molar refractivity (Wildman–Crippen MR) is 206 cm³/mol. The van der Waals surface area contributed by atoms with Crippen LogP contribution in [0, 0.1) is 0 Å². The first kappa shape index (κ1) is 34.7. The van der Waals surface area contributed by atoms with E-state index in [-0.39, 0.29) is 12.4 Å². The largest absolute Gasteiger partial charge is 1.00 e. The van der Waals surface area contributed by atoms with Gasteiger partial charge >= 0.3 is 0 Å². The molecule has 0 aliphatic rings. The highest BCUT2D eigenvalue weighted by Gasteiger charge is 2.45. The van der Waals surface area contributed by atoms with Crippen molar-refractivity contribution in [2.45, 2.75) is 0 Å². The summed E-state index contributed by atoms with van der Waals surface area (Å²) in [6.07, 6.45) is 2.16. The Bertz CT molecular complexity index is 1400. The SMILES string of the molecule is [Cl-].c1ccc([P+](CCNCCNCC[P+](c2ccccc2)(c2ccccc2)c2ccccc2)(c2ccccc2)c2ccccc2)cc1. The van der Waals surface area contributed by atoms with E-state index in [0.29, 0.717) is 0 Å². The average molecular weight is 674 g/mol. The van der Waals surface area contributed by atoms with Crippen molar-refractivity contribution in [3.8, 4) is 0 Å². The molecule has 5 heteroatoms. The molecular formula is C42H44ClN2P2+. The summed E-state index contributed by atoms with van der Waals surface area (Å²) < 4.78 is 0. The summed E-state index contributed by atoms with van der Waals surface area (Å²) in [5, 5.41) is 16.3. The van der Waals surface area contributed by atoms with Gasteiger partial charge in [0.05, 0.1) is 12.3 Å². The minimum absolute atomic E-state index is 0. The Balaban J connectivity index is 0.00000433. The molecule has 2 nitrogen and oxygen atoms in total. The molecule has 6 rings (SSSR count). The number of rotatable bonds is 15. The standard InChI is InChI=1S/C42H44N2P2.ClH/c1-7-19-37(20-8-1)45(38-21-9-2-10-22-38,39-23-11-3-12-24-39)35-33-43-31-32-44-34-36-46(40-25-13-4-14-26-40,41-27-15-5-16-28-41)42-29-17-6-18-30-42;/h1-30,43-44H,31-36H2;1H/q+2;/p-1. The van der Waals surface area contributed by atoms with E-state index in [1.54, 1.807) is 0 Å². The van der Waals surface area contributed by atoms with Gasteiger partial charge in [-0.1, -0.05) is 109 Å². The lowest BCUT2D eigenvalue weighted by Crippen LogP contribution is -3.00. The van der Waals surface area contributed by atoms with Gasteiger partial charge in [0.2, 0.25) is 0 Å². The molecule has 0 heterocycles. The van der Waals surface area contributed by atoms with Crippen LogP contribution < -0.4 is 54.9 Å². The lowest BCUT2D eigenvalue weighted by molar-refractivity contribution is -0.00000892. The zero-order valence-electron chi connectivity index (χ0n) is 26.8. The fraction of sp³-hybridized carbons (Fsp3) is 0.143. The minimum atomic E-state index is -1.82. The van der Waals surface area contributed by atoms with E-state index in [2.05, 4.69) is 193 Å². The second kappa shape index (κ2) is 17.5. The number of nitrogens with one attached hydrogen (secondary N) is 2. The van der Waals surface area contributed by atoms with Crippen LogP contribution in [0.1, 0.15) is 0 Å². The molecule has 238 valence electrons. The van der Waals surface area contributed by atoms with E-state index in [0.717, 1.165) is 38.5 Å². The van der Waals surface area contributed by atoms with E-state index in [4.69, 9.17) is 0 Å². The van der Waals surface area contributed by atoms with Crippen molar-refractivity contribution >= 4 is 46.4 Å². The van der Waals surface area contributed by atoms with Gasteiger partial charge in [-0.05, 0) is 72.8 Å². The molecule has 0 fully saturated rings. The van der Waals surface area contributed by atoms with Crippen molar-refractivity contribution in [2.75, 3.05) is 38.5 Å². The first-order chi connectivity index (χ1) is 22.8. The van der Waals surface area contributed by atoms with Gasteiger partial charge in [0, 0.05) is 26.2 Å². The third-order valence-corrected chi connectivity index (χ3v) is 17.8. The molecule has 6 aromatic rings. The molecule has 0 aliphatic heterocycles. The van der Waals surface area contributed by atoms with Gasteiger partial charge in [-0.25, -0.2) is 0 Å². The smallest absolute Gasteiger partial charge is 0.113 e.